The van der Waals surface area contributed by atoms with E-state index in [4.69, 9.17) is 11.6 Å². The van der Waals surface area contributed by atoms with Gasteiger partial charge in [-0.05, 0) is 36.6 Å². The van der Waals surface area contributed by atoms with Crippen molar-refractivity contribution in [1.29, 1.82) is 0 Å². The molecule has 3 aromatic rings. The fourth-order valence-corrected chi connectivity index (χ4v) is 2.80. The number of amides is 1. The molecule has 3 rings (SSSR count). The van der Waals surface area contributed by atoms with E-state index < -0.39 is 0 Å². The molecule has 0 unspecified atom stereocenters. The fourth-order valence-electron chi connectivity index (χ4n) is 2.59. The molecule has 5 nitrogen and oxygen atoms in total. The van der Waals surface area contributed by atoms with Gasteiger partial charge in [0.2, 0.25) is 0 Å². The normalized spacial score (nSPS) is 10.4. The minimum atomic E-state index is -0.273. The van der Waals surface area contributed by atoms with E-state index in [1.54, 1.807) is 6.07 Å². The van der Waals surface area contributed by atoms with Crippen molar-refractivity contribution in [1.82, 2.24) is 9.97 Å². The molecule has 0 fully saturated rings. The summed E-state index contributed by atoms with van der Waals surface area (Å²) in [5, 5.41) is 6.78. The Morgan fingerprint density at radius 2 is 1.77 bits per heavy atom. The van der Waals surface area contributed by atoms with Gasteiger partial charge < -0.3 is 10.6 Å². The SMILES string of the molecule is Cc1cccc(C)c1NC(=O)c1cc(NCc2ccccc2Cl)ncn1. The first kappa shape index (κ1) is 17.9. The fraction of sp³-hybridized carbons (Fsp3) is 0.150. The molecule has 1 aromatic heterocycles. The van der Waals surface area contributed by atoms with Gasteiger partial charge in [-0.2, -0.15) is 0 Å². The number of para-hydroxylation sites is 1. The third kappa shape index (κ3) is 4.18. The molecule has 2 aromatic carbocycles. The summed E-state index contributed by atoms with van der Waals surface area (Å²) in [5.74, 6) is 0.289. The van der Waals surface area contributed by atoms with Crippen molar-refractivity contribution in [3.63, 3.8) is 0 Å². The third-order valence-corrected chi connectivity index (χ3v) is 4.41. The highest BCUT2D eigenvalue weighted by molar-refractivity contribution is 6.31. The number of nitrogens with one attached hydrogen (secondary N) is 2. The van der Waals surface area contributed by atoms with Crippen molar-refractivity contribution < 1.29 is 4.79 Å². The van der Waals surface area contributed by atoms with Crippen LogP contribution in [0, 0.1) is 13.8 Å². The number of anilines is 2. The van der Waals surface area contributed by atoms with Gasteiger partial charge in [0.05, 0.1) is 0 Å². The summed E-state index contributed by atoms with van der Waals surface area (Å²) in [7, 11) is 0. The zero-order valence-corrected chi connectivity index (χ0v) is 15.3. The van der Waals surface area contributed by atoms with Crippen LogP contribution in [-0.4, -0.2) is 15.9 Å². The number of aryl methyl sites for hydroxylation is 2. The van der Waals surface area contributed by atoms with E-state index in [0.29, 0.717) is 23.1 Å². The maximum Gasteiger partial charge on any atom is 0.274 e. The summed E-state index contributed by atoms with van der Waals surface area (Å²) < 4.78 is 0. The third-order valence-electron chi connectivity index (χ3n) is 4.04. The lowest BCUT2D eigenvalue weighted by atomic mass is 10.1. The van der Waals surface area contributed by atoms with Crippen LogP contribution in [0.25, 0.3) is 0 Å². The molecule has 0 aliphatic rings. The highest BCUT2D eigenvalue weighted by Gasteiger charge is 2.12. The topological polar surface area (TPSA) is 66.9 Å². The molecule has 6 heteroatoms. The summed E-state index contributed by atoms with van der Waals surface area (Å²) in [4.78, 5) is 20.8. The average molecular weight is 367 g/mol. The molecular formula is C20H19ClN4O. The largest absolute Gasteiger partial charge is 0.366 e. The first-order valence-electron chi connectivity index (χ1n) is 8.21. The number of hydrogen-bond acceptors (Lipinski definition) is 4. The second kappa shape index (κ2) is 7.97. The Bertz CT molecular complexity index is 922. The molecule has 0 bridgehead atoms. The smallest absolute Gasteiger partial charge is 0.274 e. The van der Waals surface area contributed by atoms with Crippen LogP contribution in [0.4, 0.5) is 11.5 Å². The predicted molar refractivity (Wildman–Crippen MR) is 105 cm³/mol. The first-order chi connectivity index (χ1) is 12.5. The van der Waals surface area contributed by atoms with E-state index >= 15 is 0 Å². The van der Waals surface area contributed by atoms with Crippen LogP contribution >= 0.6 is 11.6 Å². The molecule has 1 amide bonds. The molecule has 0 saturated heterocycles. The van der Waals surface area contributed by atoms with Crippen molar-refractivity contribution in [2.75, 3.05) is 10.6 Å². The van der Waals surface area contributed by atoms with Crippen LogP contribution in [0.3, 0.4) is 0 Å². The number of aromatic nitrogens is 2. The highest BCUT2D eigenvalue weighted by atomic mass is 35.5. The summed E-state index contributed by atoms with van der Waals surface area (Å²) in [6, 6.07) is 15.1. The Labute approximate surface area is 157 Å². The van der Waals surface area contributed by atoms with E-state index in [2.05, 4.69) is 20.6 Å². The molecule has 0 atom stereocenters. The highest BCUT2D eigenvalue weighted by Crippen LogP contribution is 2.20. The Balaban J connectivity index is 1.72. The Morgan fingerprint density at radius 3 is 2.50 bits per heavy atom. The van der Waals surface area contributed by atoms with Gasteiger partial charge >= 0.3 is 0 Å². The number of benzene rings is 2. The second-order valence-electron chi connectivity index (χ2n) is 5.95. The predicted octanol–water partition coefficient (Wildman–Crippen LogP) is 4.61. The van der Waals surface area contributed by atoms with Crippen molar-refractivity contribution in [3.8, 4) is 0 Å². The second-order valence-corrected chi connectivity index (χ2v) is 6.36. The quantitative estimate of drug-likeness (QED) is 0.691. The van der Waals surface area contributed by atoms with E-state index in [9.17, 15) is 4.79 Å². The van der Waals surface area contributed by atoms with Gasteiger partial charge in [0.25, 0.3) is 5.91 Å². The van der Waals surface area contributed by atoms with E-state index in [0.717, 1.165) is 22.4 Å². The number of carbonyl (C=O) groups is 1. The number of halogens is 1. The van der Waals surface area contributed by atoms with E-state index in [1.165, 1.54) is 6.33 Å². The number of nitrogens with zero attached hydrogens (tertiary/aromatic N) is 2. The van der Waals surface area contributed by atoms with Crippen LogP contribution < -0.4 is 10.6 Å². The Hall–Kier alpha value is -2.92. The van der Waals surface area contributed by atoms with Crippen LogP contribution in [0.15, 0.2) is 54.9 Å². The Morgan fingerprint density at radius 1 is 1.04 bits per heavy atom. The molecule has 0 radical (unpaired) electrons. The van der Waals surface area contributed by atoms with Crippen molar-refractivity contribution >= 4 is 29.0 Å². The van der Waals surface area contributed by atoms with Crippen LogP contribution in [0.5, 0.6) is 0 Å². The van der Waals surface area contributed by atoms with Gasteiger partial charge in [0.15, 0.2) is 0 Å². The van der Waals surface area contributed by atoms with Gasteiger partial charge in [0.1, 0.15) is 17.8 Å². The summed E-state index contributed by atoms with van der Waals surface area (Å²) in [5.41, 5.74) is 4.06. The van der Waals surface area contributed by atoms with Gasteiger partial charge in [-0.3, -0.25) is 4.79 Å². The molecule has 0 aliphatic carbocycles. The molecule has 2 N–H and O–H groups in total. The molecule has 26 heavy (non-hydrogen) atoms. The van der Waals surface area contributed by atoms with Crippen molar-refractivity contribution in [3.05, 3.63) is 82.3 Å². The van der Waals surface area contributed by atoms with Crippen molar-refractivity contribution in [2.45, 2.75) is 20.4 Å². The minimum absolute atomic E-state index is 0.273. The minimum Gasteiger partial charge on any atom is -0.366 e. The monoisotopic (exact) mass is 366 g/mol. The lowest BCUT2D eigenvalue weighted by Crippen LogP contribution is -2.16. The zero-order valence-electron chi connectivity index (χ0n) is 14.6. The maximum atomic E-state index is 12.5. The molecule has 0 saturated carbocycles. The average Bonchev–Trinajstić information content (AvgIpc) is 2.64. The van der Waals surface area contributed by atoms with Gasteiger partial charge in [-0.15, -0.1) is 0 Å². The molecule has 1 heterocycles. The molecule has 132 valence electrons. The summed E-state index contributed by atoms with van der Waals surface area (Å²) in [6.07, 6.45) is 1.37. The summed E-state index contributed by atoms with van der Waals surface area (Å²) >= 11 is 6.16. The standard InChI is InChI=1S/C20H19ClN4O/c1-13-6-5-7-14(2)19(13)25-20(26)17-10-18(24-12-23-17)22-11-15-8-3-4-9-16(15)21/h3-10,12H,11H2,1-2H3,(H,25,26)(H,22,23,24). The van der Waals surface area contributed by atoms with Gasteiger partial charge in [-0.1, -0.05) is 48.0 Å². The van der Waals surface area contributed by atoms with Gasteiger partial charge in [0, 0.05) is 23.3 Å². The maximum absolute atomic E-state index is 12.5. The molecule has 0 aliphatic heterocycles. The van der Waals surface area contributed by atoms with Crippen LogP contribution in [0.1, 0.15) is 27.2 Å². The van der Waals surface area contributed by atoms with Gasteiger partial charge in [-0.25, -0.2) is 9.97 Å². The Kier molecular flexibility index (Phi) is 5.49. The summed E-state index contributed by atoms with van der Waals surface area (Å²) in [6.45, 7) is 4.42. The van der Waals surface area contributed by atoms with Crippen LogP contribution in [-0.2, 0) is 6.54 Å². The molecule has 0 spiro atoms. The zero-order chi connectivity index (χ0) is 18.5. The number of hydrogen-bond donors (Lipinski definition) is 2. The number of rotatable bonds is 5. The number of carbonyl (C=O) groups excluding carboxylic acids is 1. The van der Waals surface area contributed by atoms with Crippen LogP contribution in [0.2, 0.25) is 5.02 Å². The van der Waals surface area contributed by atoms with E-state index in [-0.39, 0.29) is 5.91 Å². The molecular weight excluding hydrogens is 348 g/mol. The van der Waals surface area contributed by atoms with E-state index in [1.807, 2.05) is 56.3 Å². The lowest BCUT2D eigenvalue weighted by Gasteiger charge is -2.12. The van der Waals surface area contributed by atoms with Crippen molar-refractivity contribution in [2.24, 2.45) is 0 Å². The first-order valence-corrected chi connectivity index (χ1v) is 8.59. The lowest BCUT2D eigenvalue weighted by molar-refractivity contribution is 0.102.